The van der Waals surface area contributed by atoms with Crippen LogP contribution in [0.2, 0.25) is 0 Å². The van der Waals surface area contributed by atoms with Crippen molar-refractivity contribution in [2.75, 3.05) is 39.8 Å². The monoisotopic (exact) mass is 341 g/mol. The van der Waals surface area contributed by atoms with Crippen molar-refractivity contribution in [1.29, 1.82) is 0 Å². The Morgan fingerprint density at radius 1 is 1.24 bits per heavy atom. The fourth-order valence-electron chi connectivity index (χ4n) is 3.62. The van der Waals surface area contributed by atoms with Gasteiger partial charge in [0.15, 0.2) is 0 Å². The molecule has 4 heteroatoms. The second-order valence-corrected chi connectivity index (χ2v) is 7.53. The highest BCUT2D eigenvalue weighted by Gasteiger charge is 2.26. The predicted octanol–water partition coefficient (Wildman–Crippen LogP) is 2.84. The van der Waals surface area contributed by atoms with Crippen molar-refractivity contribution in [3.63, 3.8) is 0 Å². The number of amides is 1. The van der Waals surface area contributed by atoms with Gasteiger partial charge >= 0.3 is 0 Å². The third-order valence-electron chi connectivity index (χ3n) is 5.38. The number of rotatable bonds is 7. The van der Waals surface area contributed by atoms with Gasteiger partial charge < -0.3 is 10.2 Å². The molecule has 25 heavy (non-hydrogen) atoms. The highest BCUT2D eigenvalue weighted by molar-refractivity contribution is 5.88. The molecule has 3 rings (SSSR count). The smallest absolute Gasteiger partial charge is 0.243 e. The molecular formula is C21H31N3O. The molecule has 1 aliphatic heterocycles. The van der Waals surface area contributed by atoms with Crippen LogP contribution in [-0.2, 0) is 4.79 Å². The Bertz CT molecular complexity index is 594. The van der Waals surface area contributed by atoms with Gasteiger partial charge in [0.2, 0.25) is 5.91 Å². The second-order valence-electron chi connectivity index (χ2n) is 7.53. The molecule has 1 aliphatic carbocycles. The normalized spacial score (nSPS) is 22.8. The number of carbonyl (C=O) groups is 1. The summed E-state index contributed by atoms with van der Waals surface area (Å²) in [7, 11) is 2.20. The summed E-state index contributed by atoms with van der Waals surface area (Å²) in [6.45, 7) is 7.12. The predicted molar refractivity (Wildman–Crippen MR) is 102 cm³/mol. The minimum Gasteiger partial charge on any atom is -0.353 e. The van der Waals surface area contributed by atoms with Crippen LogP contribution in [-0.4, -0.2) is 55.5 Å². The molecule has 0 unspecified atom stereocenters. The van der Waals surface area contributed by atoms with E-state index in [0.29, 0.717) is 12.0 Å². The molecule has 1 atom stereocenters. The van der Waals surface area contributed by atoms with Crippen LogP contribution in [0.3, 0.4) is 0 Å². The lowest BCUT2D eigenvalue weighted by molar-refractivity contribution is -0.116. The summed E-state index contributed by atoms with van der Waals surface area (Å²) in [4.78, 5) is 16.9. The first kappa shape index (κ1) is 18.2. The maximum absolute atomic E-state index is 12.0. The number of allylic oxidation sites excluding steroid dienone is 1. The summed E-state index contributed by atoms with van der Waals surface area (Å²) in [5.41, 5.74) is 2.63. The van der Waals surface area contributed by atoms with Gasteiger partial charge in [-0.15, -0.1) is 0 Å². The quantitative estimate of drug-likeness (QED) is 0.612. The Morgan fingerprint density at radius 3 is 2.72 bits per heavy atom. The number of hydrogen-bond donors (Lipinski definition) is 1. The number of benzene rings is 1. The first-order valence-electron chi connectivity index (χ1n) is 9.57. The molecule has 1 amide bonds. The van der Waals surface area contributed by atoms with Crippen LogP contribution in [0, 0.1) is 5.92 Å². The van der Waals surface area contributed by atoms with E-state index >= 15 is 0 Å². The van der Waals surface area contributed by atoms with Gasteiger partial charge in [0.05, 0.1) is 0 Å². The van der Waals surface area contributed by atoms with E-state index in [4.69, 9.17) is 0 Å². The second kappa shape index (κ2) is 8.63. The molecule has 1 saturated heterocycles. The molecular weight excluding hydrogens is 310 g/mol. The van der Waals surface area contributed by atoms with Crippen LogP contribution < -0.4 is 5.32 Å². The first-order chi connectivity index (χ1) is 12.1. The van der Waals surface area contributed by atoms with E-state index in [1.165, 1.54) is 24.0 Å². The van der Waals surface area contributed by atoms with Gasteiger partial charge in [0, 0.05) is 44.8 Å². The van der Waals surface area contributed by atoms with Gasteiger partial charge in [0.25, 0.3) is 0 Å². The van der Waals surface area contributed by atoms with Crippen LogP contribution in [0.4, 0.5) is 0 Å². The van der Waals surface area contributed by atoms with Crippen molar-refractivity contribution < 1.29 is 4.79 Å². The standard InChI is InChI=1S/C21H31N3O/c1-17(18-9-10-18)15-21(25)22-11-6-12-24-14-13-23(2)16-20(24)19-7-4-3-5-8-19/h3-5,7-8,15,18,20H,6,9-14,16H2,1-2H3,(H,22,25)/b17-15-/t20-/m1/s1. The first-order valence-corrected chi connectivity index (χ1v) is 9.57. The molecule has 1 aromatic rings. The summed E-state index contributed by atoms with van der Waals surface area (Å²) in [6, 6.07) is 11.2. The third-order valence-corrected chi connectivity index (χ3v) is 5.38. The summed E-state index contributed by atoms with van der Waals surface area (Å²) >= 11 is 0. The van der Waals surface area contributed by atoms with Crippen LogP contribution in [0.25, 0.3) is 0 Å². The van der Waals surface area contributed by atoms with Gasteiger partial charge in [-0.25, -0.2) is 0 Å². The molecule has 2 fully saturated rings. The number of nitrogens with zero attached hydrogens (tertiary/aromatic N) is 2. The third kappa shape index (κ3) is 5.41. The van der Waals surface area contributed by atoms with Crippen molar-refractivity contribution in [2.45, 2.75) is 32.2 Å². The molecule has 0 spiro atoms. The Morgan fingerprint density at radius 2 is 2.00 bits per heavy atom. The van der Waals surface area contributed by atoms with Gasteiger partial charge in [-0.2, -0.15) is 0 Å². The number of hydrogen-bond acceptors (Lipinski definition) is 3. The van der Waals surface area contributed by atoms with Gasteiger partial charge in [0.1, 0.15) is 0 Å². The van der Waals surface area contributed by atoms with Crippen molar-refractivity contribution in [1.82, 2.24) is 15.1 Å². The summed E-state index contributed by atoms with van der Waals surface area (Å²) in [5, 5.41) is 3.05. The number of nitrogens with one attached hydrogen (secondary N) is 1. The van der Waals surface area contributed by atoms with Crippen LogP contribution in [0.15, 0.2) is 42.0 Å². The lowest BCUT2D eigenvalue weighted by Crippen LogP contribution is -2.47. The molecule has 0 bridgehead atoms. The summed E-state index contributed by atoms with van der Waals surface area (Å²) in [5.74, 6) is 0.741. The Labute approximate surface area is 151 Å². The molecule has 2 aliphatic rings. The van der Waals surface area contributed by atoms with E-state index in [9.17, 15) is 4.79 Å². The Balaban J connectivity index is 1.46. The molecule has 1 aromatic carbocycles. The van der Waals surface area contributed by atoms with E-state index in [0.717, 1.165) is 39.1 Å². The number of carbonyl (C=O) groups excluding carboxylic acids is 1. The zero-order valence-electron chi connectivity index (χ0n) is 15.6. The largest absolute Gasteiger partial charge is 0.353 e. The zero-order valence-corrected chi connectivity index (χ0v) is 15.6. The van der Waals surface area contributed by atoms with Crippen molar-refractivity contribution in [2.24, 2.45) is 5.92 Å². The number of likely N-dealkylation sites (N-methyl/N-ethyl adjacent to an activating group) is 1. The van der Waals surface area contributed by atoms with Crippen LogP contribution in [0.1, 0.15) is 37.8 Å². The molecule has 4 nitrogen and oxygen atoms in total. The van der Waals surface area contributed by atoms with Crippen LogP contribution >= 0.6 is 0 Å². The maximum Gasteiger partial charge on any atom is 0.243 e. The van der Waals surface area contributed by atoms with E-state index in [1.54, 1.807) is 6.08 Å². The van der Waals surface area contributed by atoms with E-state index in [2.05, 4.69) is 59.4 Å². The fourth-order valence-corrected chi connectivity index (χ4v) is 3.62. The maximum atomic E-state index is 12.0. The summed E-state index contributed by atoms with van der Waals surface area (Å²) in [6.07, 6.45) is 5.29. The molecule has 1 heterocycles. The summed E-state index contributed by atoms with van der Waals surface area (Å²) < 4.78 is 0. The zero-order chi connectivity index (χ0) is 17.6. The van der Waals surface area contributed by atoms with Gasteiger partial charge in [-0.05, 0) is 44.7 Å². The van der Waals surface area contributed by atoms with E-state index in [1.807, 2.05) is 0 Å². The minimum absolute atomic E-state index is 0.0717. The van der Waals surface area contributed by atoms with Crippen molar-refractivity contribution in [3.8, 4) is 0 Å². The Kier molecular flexibility index (Phi) is 6.27. The Hall–Kier alpha value is -1.65. The van der Waals surface area contributed by atoms with Crippen molar-refractivity contribution in [3.05, 3.63) is 47.5 Å². The fraction of sp³-hybridized carbons (Fsp3) is 0.571. The lowest BCUT2D eigenvalue weighted by atomic mass is 10.0. The molecule has 1 N–H and O–H groups in total. The van der Waals surface area contributed by atoms with Crippen LogP contribution in [0.5, 0.6) is 0 Å². The molecule has 1 saturated carbocycles. The van der Waals surface area contributed by atoms with Gasteiger partial charge in [-0.1, -0.05) is 35.9 Å². The SMILES string of the molecule is C/C(=C/C(=O)NCCCN1CCN(C)C[C@@H]1c1ccccc1)C1CC1. The van der Waals surface area contributed by atoms with E-state index < -0.39 is 0 Å². The average molecular weight is 341 g/mol. The average Bonchev–Trinajstić information content (AvgIpc) is 3.45. The lowest BCUT2D eigenvalue weighted by Gasteiger charge is -2.40. The molecule has 136 valence electrons. The number of piperazine rings is 1. The van der Waals surface area contributed by atoms with E-state index in [-0.39, 0.29) is 5.91 Å². The molecule has 0 aromatic heterocycles. The molecule has 0 radical (unpaired) electrons. The van der Waals surface area contributed by atoms with Gasteiger partial charge in [-0.3, -0.25) is 9.69 Å². The highest BCUT2D eigenvalue weighted by atomic mass is 16.1. The highest BCUT2D eigenvalue weighted by Crippen LogP contribution is 2.35. The topological polar surface area (TPSA) is 35.6 Å². The van der Waals surface area contributed by atoms with Crippen molar-refractivity contribution >= 4 is 5.91 Å². The minimum atomic E-state index is 0.0717.